The SMILES string of the molecule is CCOC(=O)CCc1ccc(N(COC)C(=O)C2=CC(C)CN=C2Cl)cc1. The third-order valence-electron chi connectivity index (χ3n) is 4.10. The van der Waals surface area contributed by atoms with Crippen molar-refractivity contribution in [2.75, 3.05) is 31.9 Å². The largest absolute Gasteiger partial charge is 0.466 e. The predicted molar refractivity (Wildman–Crippen MR) is 106 cm³/mol. The number of aliphatic imine (C=N–C) groups is 1. The lowest BCUT2D eigenvalue weighted by Gasteiger charge is -2.24. The standard InChI is InChI=1S/C20H25ClN2O4/c1-4-27-18(24)10-7-15-5-8-16(9-6-15)23(13-26-3)20(25)17-11-14(2)12-22-19(17)21/h5-6,8-9,11,14H,4,7,10,12-13H2,1-3H3. The number of rotatable bonds is 8. The Morgan fingerprint density at radius 3 is 2.63 bits per heavy atom. The van der Waals surface area contributed by atoms with E-state index in [2.05, 4.69) is 4.99 Å². The first kappa shape index (κ1) is 21.1. The normalized spacial score (nSPS) is 16.4. The summed E-state index contributed by atoms with van der Waals surface area (Å²) in [5, 5.41) is 0.227. The van der Waals surface area contributed by atoms with Crippen LogP contribution in [0, 0.1) is 5.92 Å². The highest BCUT2D eigenvalue weighted by molar-refractivity contribution is 6.72. The van der Waals surface area contributed by atoms with E-state index in [1.165, 1.54) is 12.0 Å². The number of hydrogen-bond donors (Lipinski definition) is 0. The molecule has 1 aliphatic heterocycles. The Labute approximate surface area is 164 Å². The maximum absolute atomic E-state index is 13.0. The van der Waals surface area contributed by atoms with Gasteiger partial charge in [0, 0.05) is 25.8 Å². The number of carbonyl (C=O) groups is 2. The van der Waals surface area contributed by atoms with E-state index in [9.17, 15) is 9.59 Å². The molecular formula is C20H25ClN2O4. The highest BCUT2D eigenvalue weighted by Crippen LogP contribution is 2.22. The van der Waals surface area contributed by atoms with Crippen molar-refractivity contribution in [2.45, 2.75) is 26.7 Å². The number of ether oxygens (including phenoxy) is 2. The molecule has 0 saturated heterocycles. The third kappa shape index (κ3) is 5.91. The number of hydrogen-bond acceptors (Lipinski definition) is 5. The number of nitrogens with zero attached hydrogens (tertiary/aromatic N) is 2. The minimum Gasteiger partial charge on any atom is -0.466 e. The van der Waals surface area contributed by atoms with Crippen molar-refractivity contribution in [1.82, 2.24) is 0 Å². The molecule has 0 radical (unpaired) electrons. The third-order valence-corrected chi connectivity index (χ3v) is 4.42. The lowest BCUT2D eigenvalue weighted by atomic mass is 10.0. The van der Waals surface area contributed by atoms with Gasteiger partial charge in [0.25, 0.3) is 5.91 Å². The molecule has 1 aliphatic rings. The summed E-state index contributed by atoms with van der Waals surface area (Å²) < 4.78 is 10.1. The number of benzene rings is 1. The van der Waals surface area contributed by atoms with E-state index in [4.69, 9.17) is 21.1 Å². The molecule has 1 aromatic carbocycles. The minimum atomic E-state index is -0.253. The van der Waals surface area contributed by atoms with E-state index in [0.29, 0.717) is 37.3 Å². The Hall–Kier alpha value is -2.18. The fraction of sp³-hybridized carbons (Fsp3) is 0.450. The Balaban J connectivity index is 2.13. The quantitative estimate of drug-likeness (QED) is 0.502. The van der Waals surface area contributed by atoms with Crippen LogP contribution in [0.25, 0.3) is 0 Å². The van der Waals surface area contributed by atoms with Crippen LogP contribution in [0.4, 0.5) is 5.69 Å². The van der Waals surface area contributed by atoms with Gasteiger partial charge >= 0.3 is 5.97 Å². The van der Waals surface area contributed by atoms with Gasteiger partial charge in [0.1, 0.15) is 11.9 Å². The fourth-order valence-electron chi connectivity index (χ4n) is 2.72. The van der Waals surface area contributed by atoms with Gasteiger partial charge in [-0.1, -0.05) is 36.7 Å². The molecular weight excluding hydrogens is 368 g/mol. The summed E-state index contributed by atoms with van der Waals surface area (Å²) in [6.45, 7) is 4.82. The molecule has 0 aromatic heterocycles. The van der Waals surface area contributed by atoms with E-state index in [1.807, 2.05) is 37.3 Å². The first-order chi connectivity index (χ1) is 13.0. The summed E-state index contributed by atoms with van der Waals surface area (Å²) in [5.74, 6) is -0.317. The molecule has 1 aromatic rings. The smallest absolute Gasteiger partial charge is 0.306 e. The van der Waals surface area contributed by atoms with E-state index in [-0.39, 0.29) is 29.7 Å². The molecule has 1 atom stereocenters. The number of halogens is 1. The maximum Gasteiger partial charge on any atom is 0.306 e. The number of anilines is 1. The molecule has 1 heterocycles. The van der Waals surface area contributed by atoms with Crippen LogP contribution in [0.3, 0.4) is 0 Å². The molecule has 7 heteroatoms. The van der Waals surface area contributed by atoms with Crippen molar-refractivity contribution in [3.8, 4) is 0 Å². The van der Waals surface area contributed by atoms with Crippen LogP contribution in [0.5, 0.6) is 0 Å². The monoisotopic (exact) mass is 392 g/mol. The lowest BCUT2D eigenvalue weighted by Crippen LogP contribution is -2.36. The van der Waals surface area contributed by atoms with Crippen LogP contribution in [-0.2, 0) is 25.5 Å². The van der Waals surface area contributed by atoms with E-state index in [1.54, 1.807) is 6.92 Å². The zero-order chi connectivity index (χ0) is 19.8. The van der Waals surface area contributed by atoms with Crippen LogP contribution in [0.15, 0.2) is 40.9 Å². The number of carbonyl (C=O) groups excluding carboxylic acids is 2. The molecule has 0 saturated carbocycles. The topological polar surface area (TPSA) is 68.2 Å². The first-order valence-electron chi connectivity index (χ1n) is 8.93. The Bertz CT molecular complexity index is 728. The molecule has 0 N–H and O–H groups in total. The van der Waals surface area contributed by atoms with Gasteiger partial charge in [-0.3, -0.25) is 19.5 Å². The van der Waals surface area contributed by atoms with Crippen molar-refractivity contribution in [2.24, 2.45) is 10.9 Å². The minimum absolute atomic E-state index is 0.0941. The van der Waals surface area contributed by atoms with E-state index >= 15 is 0 Å². The first-order valence-corrected chi connectivity index (χ1v) is 9.31. The number of dihydropyridines is 1. The fourth-order valence-corrected chi connectivity index (χ4v) is 2.93. The summed E-state index contributed by atoms with van der Waals surface area (Å²) in [7, 11) is 1.53. The average Bonchev–Trinajstić information content (AvgIpc) is 2.66. The van der Waals surface area contributed by atoms with Gasteiger partial charge in [0.2, 0.25) is 0 Å². The molecule has 0 fully saturated rings. The predicted octanol–water partition coefficient (Wildman–Crippen LogP) is 3.33. The highest BCUT2D eigenvalue weighted by Gasteiger charge is 2.25. The van der Waals surface area contributed by atoms with E-state index < -0.39 is 0 Å². The van der Waals surface area contributed by atoms with Gasteiger partial charge in [0.15, 0.2) is 0 Å². The van der Waals surface area contributed by atoms with Gasteiger partial charge in [-0.15, -0.1) is 0 Å². The Morgan fingerprint density at radius 1 is 1.30 bits per heavy atom. The van der Waals surface area contributed by atoms with Crippen molar-refractivity contribution >= 4 is 34.3 Å². The van der Waals surface area contributed by atoms with Crippen molar-refractivity contribution < 1.29 is 19.1 Å². The Morgan fingerprint density at radius 2 is 2.00 bits per heavy atom. The highest BCUT2D eigenvalue weighted by atomic mass is 35.5. The zero-order valence-corrected chi connectivity index (χ0v) is 16.7. The second-order valence-corrected chi connectivity index (χ2v) is 6.67. The number of methoxy groups -OCH3 is 1. The zero-order valence-electron chi connectivity index (χ0n) is 15.9. The van der Waals surface area contributed by atoms with Gasteiger partial charge in [0.05, 0.1) is 12.2 Å². The molecule has 2 rings (SSSR count). The van der Waals surface area contributed by atoms with Crippen molar-refractivity contribution in [1.29, 1.82) is 0 Å². The molecule has 146 valence electrons. The molecule has 1 amide bonds. The number of amides is 1. The van der Waals surface area contributed by atoms with Gasteiger partial charge in [-0.2, -0.15) is 0 Å². The van der Waals surface area contributed by atoms with Crippen molar-refractivity contribution in [3.63, 3.8) is 0 Å². The van der Waals surface area contributed by atoms with Crippen LogP contribution in [-0.4, -0.2) is 44.0 Å². The summed E-state index contributed by atoms with van der Waals surface area (Å²) >= 11 is 6.15. The lowest BCUT2D eigenvalue weighted by molar-refractivity contribution is -0.143. The Kier molecular flexibility index (Phi) is 8.00. The summed E-state index contributed by atoms with van der Waals surface area (Å²) in [4.78, 5) is 30.2. The molecule has 0 bridgehead atoms. The summed E-state index contributed by atoms with van der Waals surface area (Å²) in [6.07, 6.45) is 2.75. The molecule has 0 aliphatic carbocycles. The molecule has 27 heavy (non-hydrogen) atoms. The molecule has 0 spiro atoms. The van der Waals surface area contributed by atoms with Crippen LogP contribution in [0.1, 0.15) is 25.8 Å². The second-order valence-electron chi connectivity index (χ2n) is 6.31. The average molecular weight is 393 g/mol. The van der Waals surface area contributed by atoms with Crippen LogP contribution in [0.2, 0.25) is 0 Å². The number of esters is 1. The van der Waals surface area contributed by atoms with Gasteiger partial charge in [-0.05, 0) is 37.0 Å². The van der Waals surface area contributed by atoms with E-state index in [0.717, 1.165) is 5.56 Å². The summed E-state index contributed by atoms with van der Waals surface area (Å²) in [6, 6.07) is 7.43. The van der Waals surface area contributed by atoms with Gasteiger partial charge in [-0.25, -0.2) is 0 Å². The molecule has 6 nitrogen and oxygen atoms in total. The van der Waals surface area contributed by atoms with Crippen LogP contribution < -0.4 is 4.90 Å². The summed E-state index contributed by atoms with van der Waals surface area (Å²) in [5.41, 5.74) is 2.06. The van der Waals surface area contributed by atoms with Crippen LogP contribution >= 0.6 is 11.6 Å². The van der Waals surface area contributed by atoms with Crippen molar-refractivity contribution in [3.05, 3.63) is 41.5 Å². The van der Waals surface area contributed by atoms with Gasteiger partial charge < -0.3 is 9.47 Å². The second kappa shape index (κ2) is 10.2. The molecule has 1 unspecified atom stereocenters. The maximum atomic E-state index is 13.0. The number of aryl methyl sites for hydroxylation is 1.